The van der Waals surface area contributed by atoms with Gasteiger partial charge in [-0.25, -0.2) is 4.68 Å². The molecule has 0 saturated carbocycles. The molecule has 1 aliphatic heterocycles. The van der Waals surface area contributed by atoms with Crippen LogP contribution in [0.3, 0.4) is 0 Å². The normalized spacial score (nSPS) is 16.0. The van der Waals surface area contributed by atoms with E-state index in [4.69, 9.17) is 4.74 Å². The Morgan fingerprint density at radius 3 is 2.68 bits per heavy atom. The van der Waals surface area contributed by atoms with E-state index in [0.29, 0.717) is 6.54 Å². The third kappa shape index (κ3) is 4.82. The molecule has 3 heterocycles. The van der Waals surface area contributed by atoms with E-state index in [2.05, 4.69) is 21.1 Å². The van der Waals surface area contributed by atoms with Gasteiger partial charge in [-0.2, -0.15) is 10.4 Å². The van der Waals surface area contributed by atoms with Crippen LogP contribution in [0, 0.1) is 39.0 Å². The van der Waals surface area contributed by atoms with Gasteiger partial charge in [-0.15, -0.1) is 0 Å². The molecule has 0 aliphatic carbocycles. The molecule has 7 nitrogen and oxygen atoms in total. The van der Waals surface area contributed by atoms with Crippen molar-refractivity contribution in [2.24, 2.45) is 0 Å². The van der Waals surface area contributed by atoms with Gasteiger partial charge < -0.3 is 14.6 Å². The van der Waals surface area contributed by atoms with E-state index in [-0.39, 0.29) is 11.7 Å². The first-order chi connectivity index (χ1) is 16.4. The van der Waals surface area contributed by atoms with Gasteiger partial charge in [-0.1, -0.05) is 18.2 Å². The van der Waals surface area contributed by atoms with Crippen molar-refractivity contribution in [3.8, 4) is 11.8 Å². The van der Waals surface area contributed by atoms with Gasteiger partial charge in [0.05, 0.1) is 17.5 Å². The van der Waals surface area contributed by atoms with Gasteiger partial charge in [0.1, 0.15) is 11.6 Å². The number of carbonyl (C=O) groups excluding carboxylic acids is 1. The molecule has 1 aliphatic rings. The summed E-state index contributed by atoms with van der Waals surface area (Å²) in [5.74, 6) is -0.391. The highest BCUT2D eigenvalue weighted by atomic mass is 16.5. The number of nitrogens with one attached hydrogen (secondary N) is 1. The van der Waals surface area contributed by atoms with E-state index in [9.17, 15) is 10.1 Å². The minimum atomic E-state index is -0.391. The quantitative estimate of drug-likeness (QED) is 0.423. The highest BCUT2D eigenvalue weighted by molar-refractivity contribution is 6.01. The summed E-state index contributed by atoms with van der Waals surface area (Å²) in [6, 6.07) is 14.0. The van der Waals surface area contributed by atoms with Crippen LogP contribution in [-0.4, -0.2) is 33.0 Å². The summed E-state index contributed by atoms with van der Waals surface area (Å²) < 4.78 is 9.86. The van der Waals surface area contributed by atoms with Gasteiger partial charge in [-0.05, 0) is 70.4 Å². The molecular formula is C27H31N5O2. The molecule has 1 atom stereocenters. The Morgan fingerprint density at radius 2 is 2.00 bits per heavy atom. The average molecular weight is 458 g/mol. The molecule has 1 aromatic carbocycles. The summed E-state index contributed by atoms with van der Waals surface area (Å²) in [4.78, 5) is 12.9. The second-order valence-corrected chi connectivity index (χ2v) is 8.82. The van der Waals surface area contributed by atoms with Gasteiger partial charge in [0, 0.05) is 42.3 Å². The molecule has 3 aromatic rings. The summed E-state index contributed by atoms with van der Waals surface area (Å²) in [7, 11) is 0. The van der Waals surface area contributed by atoms with Crippen LogP contribution in [0.15, 0.2) is 42.0 Å². The Kier molecular flexibility index (Phi) is 6.99. The number of rotatable bonds is 7. The Morgan fingerprint density at radius 1 is 1.24 bits per heavy atom. The van der Waals surface area contributed by atoms with Gasteiger partial charge in [0.2, 0.25) is 0 Å². The first-order valence-electron chi connectivity index (χ1n) is 11.7. The standard InChI is InChI=1S/C27H31N5O2/c1-18-13-22(20(3)31(18)17-25-11-8-12-34-25)14-23(15-28)27(33)29-16-26-19(2)30-32(21(26)4)24-9-6-5-7-10-24/h5-7,9-10,13-14,25H,8,11-12,16-17H2,1-4H3,(H,29,33)/b23-14+. The van der Waals surface area contributed by atoms with Crippen LogP contribution in [0.1, 0.15) is 46.7 Å². The summed E-state index contributed by atoms with van der Waals surface area (Å²) >= 11 is 0. The number of aryl methyl sites for hydroxylation is 2. The largest absolute Gasteiger partial charge is 0.376 e. The first kappa shape index (κ1) is 23.5. The Bertz CT molecular complexity index is 1250. The van der Waals surface area contributed by atoms with Crippen molar-refractivity contribution in [2.45, 2.75) is 59.7 Å². The van der Waals surface area contributed by atoms with Crippen LogP contribution < -0.4 is 5.32 Å². The number of hydrogen-bond acceptors (Lipinski definition) is 4. The van der Waals surface area contributed by atoms with Crippen molar-refractivity contribution >= 4 is 12.0 Å². The SMILES string of the molecule is Cc1nn(-c2ccccc2)c(C)c1CNC(=O)/C(C#N)=C/c1cc(C)n(CC2CCCO2)c1C. The summed E-state index contributed by atoms with van der Waals surface area (Å²) in [6.45, 7) is 9.89. The molecule has 1 fully saturated rings. The van der Waals surface area contributed by atoms with E-state index in [0.717, 1.165) is 65.6 Å². The lowest BCUT2D eigenvalue weighted by atomic mass is 10.1. The van der Waals surface area contributed by atoms with Crippen molar-refractivity contribution in [3.05, 3.63) is 75.9 Å². The number of aromatic nitrogens is 3. The Hall–Kier alpha value is -3.63. The zero-order valence-electron chi connectivity index (χ0n) is 20.3. The summed E-state index contributed by atoms with van der Waals surface area (Å²) in [6.07, 6.45) is 4.06. The van der Waals surface area contributed by atoms with Crippen molar-refractivity contribution in [2.75, 3.05) is 6.61 Å². The molecule has 0 spiro atoms. The molecule has 176 valence electrons. The van der Waals surface area contributed by atoms with E-state index in [1.165, 1.54) is 0 Å². The molecule has 0 radical (unpaired) electrons. The highest BCUT2D eigenvalue weighted by Crippen LogP contribution is 2.22. The second kappa shape index (κ2) is 10.1. The third-order valence-corrected chi connectivity index (χ3v) is 6.56. The maximum Gasteiger partial charge on any atom is 0.262 e. The first-order valence-corrected chi connectivity index (χ1v) is 11.7. The zero-order chi connectivity index (χ0) is 24.2. The molecule has 4 rings (SSSR count). The minimum Gasteiger partial charge on any atom is -0.376 e. The van der Waals surface area contributed by atoms with E-state index < -0.39 is 5.91 Å². The summed E-state index contributed by atoms with van der Waals surface area (Å²) in [5, 5.41) is 17.2. The molecular weight excluding hydrogens is 426 g/mol. The predicted molar refractivity (Wildman–Crippen MR) is 131 cm³/mol. The van der Waals surface area contributed by atoms with Crippen LogP contribution in [0.25, 0.3) is 11.8 Å². The van der Waals surface area contributed by atoms with Crippen molar-refractivity contribution in [3.63, 3.8) is 0 Å². The maximum absolute atomic E-state index is 12.9. The van der Waals surface area contributed by atoms with Crippen molar-refractivity contribution in [1.29, 1.82) is 5.26 Å². The van der Waals surface area contributed by atoms with Gasteiger partial charge >= 0.3 is 0 Å². The number of amides is 1. The molecule has 1 unspecified atom stereocenters. The van der Waals surface area contributed by atoms with Gasteiger partial charge in [0.25, 0.3) is 5.91 Å². The van der Waals surface area contributed by atoms with Crippen LogP contribution in [0.5, 0.6) is 0 Å². The smallest absolute Gasteiger partial charge is 0.262 e. The lowest BCUT2D eigenvalue weighted by molar-refractivity contribution is -0.117. The minimum absolute atomic E-state index is 0.0862. The van der Waals surface area contributed by atoms with Gasteiger partial charge in [-0.3, -0.25) is 4.79 Å². The fourth-order valence-electron chi connectivity index (χ4n) is 4.57. The number of ether oxygens (including phenoxy) is 1. The van der Waals surface area contributed by atoms with Crippen LogP contribution in [0.4, 0.5) is 0 Å². The molecule has 1 N–H and O–H groups in total. The number of para-hydroxylation sites is 1. The zero-order valence-corrected chi connectivity index (χ0v) is 20.3. The lowest BCUT2D eigenvalue weighted by Crippen LogP contribution is -2.24. The average Bonchev–Trinajstić information content (AvgIpc) is 3.52. The Labute approximate surface area is 200 Å². The fraction of sp³-hybridized carbons (Fsp3) is 0.370. The molecule has 7 heteroatoms. The maximum atomic E-state index is 12.9. The third-order valence-electron chi connectivity index (χ3n) is 6.56. The van der Waals surface area contributed by atoms with Crippen molar-refractivity contribution in [1.82, 2.24) is 19.7 Å². The fourth-order valence-corrected chi connectivity index (χ4v) is 4.57. The number of nitrogens with zero attached hydrogens (tertiary/aromatic N) is 4. The number of benzene rings is 1. The van der Waals surface area contributed by atoms with E-state index >= 15 is 0 Å². The molecule has 34 heavy (non-hydrogen) atoms. The molecule has 0 bridgehead atoms. The van der Waals surface area contributed by atoms with Crippen molar-refractivity contribution < 1.29 is 9.53 Å². The van der Waals surface area contributed by atoms with Crippen LogP contribution in [-0.2, 0) is 22.6 Å². The number of hydrogen-bond donors (Lipinski definition) is 1. The Balaban J connectivity index is 1.49. The van der Waals surface area contributed by atoms with Gasteiger partial charge in [0.15, 0.2) is 0 Å². The highest BCUT2D eigenvalue weighted by Gasteiger charge is 2.20. The number of carbonyl (C=O) groups is 1. The molecule has 1 saturated heterocycles. The second-order valence-electron chi connectivity index (χ2n) is 8.82. The monoisotopic (exact) mass is 457 g/mol. The van der Waals surface area contributed by atoms with Crippen LogP contribution in [0.2, 0.25) is 0 Å². The summed E-state index contributed by atoms with van der Waals surface area (Å²) in [5.41, 5.74) is 6.82. The van der Waals surface area contributed by atoms with E-state index in [1.54, 1.807) is 6.08 Å². The van der Waals surface area contributed by atoms with E-state index in [1.807, 2.05) is 68.8 Å². The molecule has 1 amide bonds. The topological polar surface area (TPSA) is 84.9 Å². The predicted octanol–water partition coefficient (Wildman–Crippen LogP) is 4.31. The lowest BCUT2D eigenvalue weighted by Gasteiger charge is -2.14. The number of nitriles is 1. The van der Waals surface area contributed by atoms with Crippen LogP contribution >= 0.6 is 0 Å². The molecule has 2 aromatic heterocycles.